The second-order valence-corrected chi connectivity index (χ2v) is 8.38. The Morgan fingerprint density at radius 2 is 2.00 bits per heavy atom. The van der Waals surface area contributed by atoms with Crippen LogP contribution in [0.1, 0.15) is 43.4 Å². The number of hydrogen-bond acceptors (Lipinski definition) is 4. The van der Waals surface area contributed by atoms with Crippen LogP contribution in [0.15, 0.2) is 47.2 Å². The molecule has 146 valence electrons. The van der Waals surface area contributed by atoms with E-state index in [2.05, 4.69) is 12.2 Å². The Morgan fingerprint density at radius 1 is 1.26 bits per heavy atom. The first-order valence-corrected chi connectivity index (χ1v) is 10.8. The highest BCUT2D eigenvalue weighted by Crippen LogP contribution is 2.26. The number of carbonyl (C=O) groups excluding carboxylic acids is 1. The lowest BCUT2D eigenvalue weighted by Gasteiger charge is -2.31. The Labute approximate surface area is 166 Å². The van der Waals surface area contributed by atoms with E-state index < -0.39 is 6.10 Å². The maximum atomic E-state index is 13.1. The van der Waals surface area contributed by atoms with Crippen molar-refractivity contribution in [1.82, 2.24) is 10.2 Å². The minimum absolute atomic E-state index is 0.138. The molecule has 0 bridgehead atoms. The van der Waals surface area contributed by atoms with Gasteiger partial charge < -0.3 is 15.3 Å². The van der Waals surface area contributed by atoms with Crippen molar-refractivity contribution in [3.05, 3.63) is 58.3 Å². The molecule has 2 heterocycles. The predicted octanol–water partition coefficient (Wildman–Crippen LogP) is 3.84. The summed E-state index contributed by atoms with van der Waals surface area (Å²) in [5.74, 6) is 1.12. The average Bonchev–Trinajstić information content (AvgIpc) is 3.24. The van der Waals surface area contributed by atoms with Crippen molar-refractivity contribution in [3.8, 4) is 0 Å². The van der Waals surface area contributed by atoms with Crippen LogP contribution in [0.2, 0.25) is 0 Å². The maximum Gasteiger partial charge on any atom is 0.223 e. The number of thiophene rings is 1. The minimum atomic E-state index is -0.641. The molecular formula is C22H30N2O2S. The molecule has 2 aromatic rings. The fraction of sp³-hybridized carbons (Fsp3) is 0.500. The lowest BCUT2D eigenvalue weighted by molar-refractivity contribution is -0.134. The van der Waals surface area contributed by atoms with Crippen LogP contribution >= 0.6 is 11.3 Å². The second kappa shape index (κ2) is 10.0. The Kier molecular flexibility index (Phi) is 7.44. The first-order valence-electron chi connectivity index (χ1n) is 9.86. The topological polar surface area (TPSA) is 52.6 Å². The van der Waals surface area contributed by atoms with Gasteiger partial charge in [0.15, 0.2) is 0 Å². The molecule has 0 aliphatic carbocycles. The van der Waals surface area contributed by atoms with Crippen molar-refractivity contribution >= 4 is 17.2 Å². The van der Waals surface area contributed by atoms with Crippen LogP contribution in [0.5, 0.6) is 0 Å². The molecule has 27 heavy (non-hydrogen) atoms. The van der Waals surface area contributed by atoms with Crippen LogP contribution in [-0.2, 0) is 11.3 Å². The quantitative estimate of drug-likeness (QED) is 0.725. The molecule has 1 aromatic carbocycles. The van der Waals surface area contributed by atoms with Crippen LogP contribution in [0.4, 0.5) is 0 Å². The van der Waals surface area contributed by atoms with Gasteiger partial charge in [-0.15, -0.1) is 0 Å². The van der Waals surface area contributed by atoms with E-state index in [1.165, 1.54) is 0 Å². The molecule has 2 atom stereocenters. The lowest BCUT2D eigenvalue weighted by Crippen LogP contribution is -2.37. The molecule has 4 nitrogen and oxygen atoms in total. The van der Waals surface area contributed by atoms with Gasteiger partial charge in [-0.1, -0.05) is 37.3 Å². The van der Waals surface area contributed by atoms with Gasteiger partial charge in [0, 0.05) is 13.0 Å². The fourth-order valence-electron chi connectivity index (χ4n) is 3.82. The second-order valence-electron chi connectivity index (χ2n) is 7.60. The van der Waals surface area contributed by atoms with E-state index >= 15 is 0 Å². The maximum absolute atomic E-state index is 13.1. The molecule has 1 aliphatic heterocycles. The van der Waals surface area contributed by atoms with E-state index in [0.29, 0.717) is 31.3 Å². The smallest absolute Gasteiger partial charge is 0.223 e. The molecule has 1 fully saturated rings. The highest BCUT2D eigenvalue weighted by molar-refractivity contribution is 7.07. The summed E-state index contributed by atoms with van der Waals surface area (Å²) in [4.78, 5) is 14.9. The first kappa shape index (κ1) is 20.1. The van der Waals surface area contributed by atoms with Gasteiger partial charge in [0.2, 0.25) is 5.91 Å². The number of amides is 1. The summed E-state index contributed by atoms with van der Waals surface area (Å²) in [6, 6.07) is 12.0. The molecule has 1 aliphatic rings. The van der Waals surface area contributed by atoms with Crippen LogP contribution in [0, 0.1) is 11.8 Å². The van der Waals surface area contributed by atoms with Gasteiger partial charge in [-0.05, 0) is 65.7 Å². The van der Waals surface area contributed by atoms with E-state index in [4.69, 9.17) is 0 Å². The highest BCUT2D eigenvalue weighted by atomic mass is 32.1. The van der Waals surface area contributed by atoms with Gasteiger partial charge >= 0.3 is 0 Å². The van der Waals surface area contributed by atoms with Gasteiger partial charge in [-0.3, -0.25) is 4.79 Å². The number of rotatable bonds is 8. The van der Waals surface area contributed by atoms with Crippen LogP contribution < -0.4 is 5.32 Å². The minimum Gasteiger partial charge on any atom is -0.387 e. The standard InChI is InChI=1S/C22H30N2O2S/c1-17(19-7-10-23-11-8-19)13-22(26)24(14-18-5-3-2-4-6-18)15-21(25)20-9-12-27-16-20/h2-6,9,12,16-17,19,21,23,25H,7-8,10-11,13-15H2,1H3. The van der Waals surface area contributed by atoms with Crippen molar-refractivity contribution in [3.63, 3.8) is 0 Å². The molecule has 0 saturated carbocycles. The van der Waals surface area contributed by atoms with E-state index in [-0.39, 0.29) is 5.91 Å². The largest absolute Gasteiger partial charge is 0.387 e. The summed E-state index contributed by atoms with van der Waals surface area (Å²) in [6.07, 6.45) is 2.20. The van der Waals surface area contributed by atoms with Gasteiger partial charge in [0.1, 0.15) is 0 Å². The van der Waals surface area contributed by atoms with Gasteiger partial charge in [-0.2, -0.15) is 11.3 Å². The zero-order valence-corrected chi connectivity index (χ0v) is 16.8. The third-order valence-corrected chi connectivity index (χ3v) is 6.28. The molecule has 1 aromatic heterocycles. The third kappa shape index (κ3) is 5.89. The summed E-state index contributed by atoms with van der Waals surface area (Å²) < 4.78 is 0. The molecule has 0 radical (unpaired) electrons. The molecule has 1 saturated heterocycles. The SMILES string of the molecule is CC(CC(=O)N(Cc1ccccc1)CC(O)c1ccsc1)C1CCNCC1. The highest BCUT2D eigenvalue weighted by Gasteiger charge is 2.26. The number of hydrogen-bond donors (Lipinski definition) is 2. The third-order valence-electron chi connectivity index (χ3n) is 5.58. The molecule has 2 unspecified atom stereocenters. The molecule has 5 heteroatoms. The average molecular weight is 387 g/mol. The van der Waals surface area contributed by atoms with Gasteiger partial charge in [0.05, 0.1) is 12.6 Å². The van der Waals surface area contributed by atoms with Crippen molar-refractivity contribution in [2.45, 2.75) is 38.8 Å². The Bertz CT molecular complexity index is 684. The molecule has 0 spiro atoms. The normalized spacial score (nSPS) is 17.4. The summed E-state index contributed by atoms with van der Waals surface area (Å²) in [5, 5.41) is 17.9. The van der Waals surface area contributed by atoms with E-state index in [1.807, 2.05) is 52.1 Å². The Hall–Kier alpha value is -1.69. The summed E-state index contributed by atoms with van der Waals surface area (Å²) in [5.41, 5.74) is 1.98. The Morgan fingerprint density at radius 3 is 2.67 bits per heavy atom. The predicted molar refractivity (Wildman–Crippen MR) is 111 cm³/mol. The number of benzene rings is 1. The van der Waals surface area contributed by atoms with E-state index in [9.17, 15) is 9.90 Å². The fourth-order valence-corrected chi connectivity index (χ4v) is 4.53. The summed E-state index contributed by atoms with van der Waals surface area (Å²) >= 11 is 1.57. The summed E-state index contributed by atoms with van der Waals surface area (Å²) in [7, 11) is 0. The zero-order chi connectivity index (χ0) is 19.1. The number of carbonyl (C=O) groups is 1. The Balaban J connectivity index is 1.66. The van der Waals surface area contributed by atoms with Crippen molar-refractivity contribution in [2.24, 2.45) is 11.8 Å². The van der Waals surface area contributed by atoms with Crippen molar-refractivity contribution in [1.29, 1.82) is 0 Å². The number of aliphatic hydroxyl groups excluding tert-OH is 1. The van der Waals surface area contributed by atoms with Gasteiger partial charge in [-0.25, -0.2) is 0 Å². The molecule has 2 N–H and O–H groups in total. The van der Waals surface area contributed by atoms with Crippen molar-refractivity contribution in [2.75, 3.05) is 19.6 Å². The number of nitrogens with one attached hydrogen (secondary N) is 1. The van der Waals surface area contributed by atoms with Crippen molar-refractivity contribution < 1.29 is 9.90 Å². The number of nitrogens with zero attached hydrogens (tertiary/aromatic N) is 1. The van der Waals surface area contributed by atoms with E-state index in [1.54, 1.807) is 11.3 Å². The molecule has 3 rings (SSSR count). The zero-order valence-electron chi connectivity index (χ0n) is 16.0. The molecule has 1 amide bonds. The van der Waals surface area contributed by atoms with Gasteiger partial charge in [0.25, 0.3) is 0 Å². The molecular weight excluding hydrogens is 356 g/mol. The van der Waals surface area contributed by atoms with Crippen LogP contribution in [-0.4, -0.2) is 35.5 Å². The van der Waals surface area contributed by atoms with E-state index in [0.717, 1.165) is 37.1 Å². The van der Waals surface area contributed by atoms with Crippen LogP contribution in [0.25, 0.3) is 0 Å². The first-order chi connectivity index (χ1) is 13.1. The number of aliphatic hydroxyl groups is 1. The lowest BCUT2D eigenvalue weighted by atomic mass is 9.84. The van der Waals surface area contributed by atoms with Crippen LogP contribution in [0.3, 0.4) is 0 Å². The summed E-state index contributed by atoms with van der Waals surface area (Å²) in [6.45, 7) is 5.18. The number of piperidine rings is 1. The monoisotopic (exact) mass is 386 g/mol.